The summed E-state index contributed by atoms with van der Waals surface area (Å²) in [6.45, 7) is 0.962. The first-order chi connectivity index (χ1) is 13.6. The quantitative estimate of drug-likeness (QED) is 0.202. The van der Waals surface area contributed by atoms with Gasteiger partial charge < -0.3 is 55.5 Å². The summed E-state index contributed by atoms with van der Waals surface area (Å²) < 4.78 is 16.3. The highest BCUT2D eigenvalue weighted by Crippen LogP contribution is 2.28. The Labute approximate surface area is 166 Å². The van der Waals surface area contributed by atoms with E-state index >= 15 is 0 Å². The number of carbonyl (C=O) groups excluding carboxylic acids is 2. The highest BCUT2D eigenvalue weighted by molar-refractivity contribution is 5.73. The molecule has 10 atom stereocenters. The number of aliphatic hydroxyl groups excluding tert-OH is 6. The van der Waals surface area contributed by atoms with Gasteiger partial charge in [-0.2, -0.15) is 0 Å². The topological polar surface area (TPSA) is 207 Å². The standard InChI is InChI=1S/C16H28N2O11/c1-5(21)17-9-13(25)14(8(4-20)27-15(9)26)29-16-10(18-6(2)22)12(24)11(23)7(3-19)28-16/h7-16,19-20,23-26H,3-4H2,1-2H3,(H,17,21)(H,18,22)/t7-,8-,9-,10-,11+,12-,13-,14-,15?,16+/m1/s1. The van der Waals surface area contributed by atoms with Crippen molar-refractivity contribution in [2.24, 2.45) is 0 Å². The zero-order chi connectivity index (χ0) is 21.9. The molecule has 0 aromatic heterocycles. The number of hydrogen-bond donors (Lipinski definition) is 8. The molecule has 2 heterocycles. The SMILES string of the molecule is CC(=O)N[C@H]1[C@H](O[C@H]2[C@H](O)[C@@H](NC(C)=O)C(O)O[C@@H]2CO)O[C@H](CO)[C@H](O)[C@@H]1O. The van der Waals surface area contributed by atoms with Gasteiger partial charge in [0.05, 0.1) is 13.2 Å². The van der Waals surface area contributed by atoms with Crippen molar-refractivity contribution in [2.45, 2.75) is 75.1 Å². The molecule has 0 aromatic carbocycles. The third kappa shape index (κ3) is 5.39. The van der Waals surface area contributed by atoms with E-state index in [-0.39, 0.29) is 0 Å². The van der Waals surface area contributed by atoms with Crippen molar-refractivity contribution in [1.82, 2.24) is 10.6 Å². The summed E-state index contributed by atoms with van der Waals surface area (Å²) in [5.41, 5.74) is 0. The minimum Gasteiger partial charge on any atom is -0.394 e. The fourth-order valence-corrected chi connectivity index (χ4v) is 3.38. The first-order valence-corrected chi connectivity index (χ1v) is 9.05. The van der Waals surface area contributed by atoms with Gasteiger partial charge >= 0.3 is 0 Å². The Balaban J connectivity index is 2.26. The van der Waals surface area contributed by atoms with E-state index in [0.29, 0.717) is 0 Å². The molecule has 13 heteroatoms. The summed E-state index contributed by atoms with van der Waals surface area (Å²) in [6, 6.07) is -2.59. The van der Waals surface area contributed by atoms with Gasteiger partial charge in [0.15, 0.2) is 12.6 Å². The zero-order valence-electron chi connectivity index (χ0n) is 15.9. The average molecular weight is 424 g/mol. The minimum atomic E-state index is -1.64. The second-order valence-corrected chi connectivity index (χ2v) is 7.00. The normalized spacial score (nSPS) is 42.9. The first-order valence-electron chi connectivity index (χ1n) is 9.05. The molecule has 2 rings (SSSR count). The van der Waals surface area contributed by atoms with E-state index < -0.39 is 86.3 Å². The third-order valence-electron chi connectivity index (χ3n) is 4.78. The Bertz CT molecular complexity index is 579. The maximum Gasteiger partial charge on any atom is 0.217 e. The fourth-order valence-electron chi connectivity index (χ4n) is 3.38. The molecule has 1 unspecified atom stereocenters. The van der Waals surface area contributed by atoms with E-state index in [4.69, 9.17) is 14.2 Å². The van der Waals surface area contributed by atoms with E-state index in [2.05, 4.69) is 10.6 Å². The largest absolute Gasteiger partial charge is 0.394 e. The van der Waals surface area contributed by atoms with Crippen molar-refractivity contribution >= 4 is 11.8 Å². The average Bonchev–Trinajstić information content (AvgIpc) is 2.65. The van der Waals surface area contributed by atoms with Crippen molar-refractivity contribution in [3.8, 4) is 0 Å². The van der Waals surface area contributed by atoms with Crippen molar-refractivity contribution < 1.29 is 54.4 Å². The maximum absolute atomic E-state index is 11.5. The number of aliphatic hydroxyl groups is 6. The van der Waals surface area contributed by atoms with Crippen LogP contribution in [0.1, 0.15) is 13.8 Å². The molecule has 2 aliphatic heterocycles. The molecular weight excluding hydrogens is 396 g/mol. The van der Waals surface area contributed by atoms with Gasteiger partial charge in [0.1, 0.15) is 48.7 Å². The van der Waals surface area contributed by atoms with Crippen molar-refractivity contribution in [2.75, 3.05) is 13.2 Å². The van der Waals surface area contributed by atoms with E-state index in [9.17, 15) is 40.2 Å². The molecule has 0 saturated carbocycles. The Morgan fingerprint density at radius 2 is 1.38 bits per heavy atom. The second kappa shape index (κ2) is 10.1. The number of ether oxygens (including phenoxy) is 3. The molecule has 2 saturated heterocycles. The predicted molar refractivity (Wildman–Crippen MR) is 91.8 cm³/mol. The number of hydrogen-bond acceptors (Lipinski definition) is 11. The van der Waals surface area contributed by atoms with Gasteiger partial charge in [-0.1, -0.05) is 0 Å². The van der Waals surface area contributed by atoms with Gasteiger partial charge in [0.25, 0.3) is 0 Å². The minimum absolute atomic E-state index is 0.568. The lowest BCUT2D eigenvalue weighted by Gasteiger charge is -2.47. The van der Waals surface area contributed by atoms with E-state index in [1.165, 1.54) is 0 Å². The van der Waals surface area contributed by atoms with Gasteiger partial charge in [-0.15, -0.1) is 0 Å². The molecular formula is C16H28N2O11. The Morgan fingerprint density at radius 3 is 1.90 bits per heavy atom. The Hall–Kier alpha value is -1.42. The Morgan fingerprint density at radius 1 is 0.828 bits per heavy atom. The lowest BCUT2D eigenvalue weighted by atomic mass is 9.94. The third-order valence-corrected chi connectivity index (χ3v) is 4.78. The van der Waals surface area contributed by atoms with Crippen LogP contribution in [0.15, 0.2) is 0 Å². The van der Waals surface area contributed by atoms with E-state index in [1.54, 1.807) is 0 Å². The van der Waals surface area contributed by atoms with Crippen LogP contribution >= 0.6 is 0 Å². The molecule has 0 bridgehead atoms. The van der Waals surface area contributed by atoms with E-state index in [1.807, 2.05) is 0 Å². The summed E-state index contributed by atoms with van der Waals surface area (Å²) in [6.07, 6.45) is -11.7. The van der Waals surface area contributed by atoms with Crippen molar-refractivity contribution in [1.29, 1.82) is 0 Å². The molecule has 0 radical (unpaired) electrons. The zero-order valence-corrected chi connectivity index (χ0v) is 15.9. The summed E-state index contributed by atoms with van der Waals surface area (Å²) >= 11 is 0. The van der Waals surface area contributed by atoms with Crippen LogP contribution in [0.3, 0.4) is 0 Å². The Kier molecular flexibility index (Phi) is 8.28. The van der Waals surface area contributed by atoms with Crippen LogP contribution < -0.4 is 10.6 Å². The first kappa shape index (κ1) is 23.9. The number of amides is 2. The predicted octanol–water partition coefficient (Wildman–Crippen LogP) is -5.11. The number of rotatable bonds is 6. The van der Waals surface area contributed by atoms with Gasteiger partial charge in [-0.25, -0.2) is 0 Å². The van der Waals surface area contributed by atoms with Gasteiger partial charge in [0.2, 0.25) is 11.8 Å². The second-order valence-electron chi connectivity index (χ2n) is 7.00. The molecule has 2 fully saturated rings. The van der Waals surface area contributed by atoms with Gasteiger partial charge in [-0.3, -0.25) is 9.59 Å². The molecule has 2 aliphatic rings. The molecule has 29 heavy (non-hydrogen) atoms. The van der Waals surface area contributed by atoms with Crippen LogP contribution in [0, 0.1) is 0 Å². The molecule has 168 valence electrons. The number of nitrogens with one attached hydrogen (secondary N) is 2. The van der Waals surface area contributed by atoms with Crippen LogP contribution in [-0.2, 0) is 23.8 Å². The summed E-state index contributed by atoms with van der Waals surface area (Å²) in [7, 11) is 0. The smallest absolute Gasteiger partial charge is 0.217 e. The fraction of sp³-hybridized carbons (Fsp3) is 0.875. The molecule has 13 nitrogen and oxygen atoms in total. The molecule has 8 N–H and O–H groups in total. The van der Waals surface area contributed by atoms with Crippen LogP contribution in [-0.4, -0.2) is 117 Å². The van der Waals surface area contributed by atoms with Crippen LogP contribution in [0.2, 0.25) is 0 Å². The molecule has 0 spiro atoms. The summed E-state index contributed by atoms with van der Waals surface area (Å²) in [5, 5.41) is 64.5. The number of carbonyl (C=O) groups is 2. The molecule has 2 amide bonds. The highest BCUT2D eigenvalue weighted by atomic mass is 16.7. The maximum atomic E-state index is 11.5. The van der Waals surface area contributed by atoms with Crippen LogP contribution in [0.25, 0.3) is 0 Å². The summed E-state index contributed by atoms with van der Waals surface area (Å²) in [4.78, 5) is 22.8. The lowest BCUT2D eigenvalue weighted by Crippen LogP contribution is -2.69. The molecule has 0 aromatic rings. The molecule has 0 aliphatic carbocycles. The monoisotopic (exact) mass is 424 g/mol. The van der Waals surface area contributed by atoms with E-state index in [0.717, 1.165) is 13.8 Å². The summed E-state index contributed by atoms with van der Waals surface area (Å²) in [5.74, 6) is -1.14. The lowest BCUT2D eigenvalue weighted by molar-refractivity contribution is -0.327. The van der Waals surface area contributed by atoms with Crippen LogP contribution in [0.5, 0.6) is 0 Å². The van der Waals surface area contributed by atoms with Crippen molar-refractivity contribution in [3.05, 3.63) is 0 Å². The van der Waals surface area contributed by atoms with Gasteiger partial charge in [0, 0.05) is 13.8 Å². The van der Waals surface area contributed by atoms with Crippen LogP contribution in [0.4, 0.5) is 0 Å². The van der Waals surface area contributed by atoms with Gasteiger partial charge in [-0.05, 0) is 0 Å². The highest BCUT2D eigenvalue weighted by Gasteiger charge is 2.51. The van der Waals surface area contributed by atoms with Crippen molar-refractivity contribution in [3.63, 3.8) is 0 Å².